The first-order chi connectivity index (χ1) is 15.4. The number of nitrogens with zero attached hydrogens (tertiary/aromatic N) is 4. The Bertz CT molecular complexity index is 1150. The number of carbonyl (C=O) groups is 2. The van der Waals surface area contributed by atoms with Crippen LogP contribution < -0.4 is 0 Å². The maximum absolute atomic E-state index is 13.5. The van der Waals surface area contributed by atoms with Gasteiger partial charge in [0.1, 0.15) is 5.82 Å². The lowest BCUT2D eigenvalue weighted by Gasteiger charge is -2.34. The Labute approximate surface area is 182 Å². The van der Waals surface area contributed by atoms with E-state index in [9.17, 15) is 22.8 Å². The number of benzene rings is 2. The highest BCUT2D eigenvalue weighted by Gasteiger charge is 2.28. The highest BCUT2D eigenvalue weighted by atomic mass is 19.2. The number of amides is 2. The molecule has 9 heteroatoms. The molecule has 2 amide bonds. The highest BCUT2D eigenvalue weighted by Crippen LogP contribution is 2.20. The molecule has 3 aromatic rings. The molecule has 6 nitrogen and oxygen atoms in total. The minimum Gasteiger partial charge on any atom is -0.335 e. The van der Waals surface area contributed by atoms with Crippen molar-refractivity contribution in [2.45, 2.75) is 13.3 Å². The molecule has 0 radical (unpaired) electrons. The molecule has 0 N–H and O–H groups in total. The topological polar surface area (TPSA) is 58.4 Å². The van der Waals surface area contributed by atoms with E-state index in [0.717, 1.165) is 12.1 Å². The lowest BCUT2D eigenvalue weighted by atomic mass is 10.1. The van der Waals surface area contributed by atoms with Gasteiger partial charge in [0.25, 0.3) is 11.8 Å². The summed E-state index contributed by atoms with van der Waals surface area (Å²) >= 11 is 0. The number of rotatable bonds is 4. The van der Waals surface area contributed by atoms with Gasteiger partial charge in [0.2, 0.25) is 0 Å². The molecular weight excluding hydrogens is 421 g/mol. The van der Waals surface area contributed by atoms with Gasteiger partial charge in [-0.1, -0.05) is 6.92 Å². The summed E-state index contributed by atoms with van der Waals surface area (Å²) in [6, 6.07) is 8.91. The molecule has 0 bridgehead atoms. The third-order valence-electron chi connectivity index (χ3n) is 5.53. The van der Waals surface area contributed by atoms with Crippen LogP contribution in [-0.4, -0.2) is 57.6 Å². The van der Waals surface area contributed by atoms with E-state index in [1.807, 2.05) is 6.92 Å². The molecule has 2 aromatic carbocycles. The number of hydrogen-bond acceptors (Lipinski definition) is 3. The fraction of sp³-hybridized carbons (Fsp3) is 0.261. The molecule has 1 aromatic heterocycles. The predicted octanol–water partition coefficient (Wildman–Crippen LogP) is 3.45. The minimum absolute atomic E-state index is 0.0671. The molecular formula is C23H21F3N4O2. The van der Waals surface area contributed by atoms with Crippen LogP contribution >= 0.6 is 0 Å². The van der Waals surface area contributed by atoms with Crippen molar-refractivity contribution in [2.24, 2.45) is 0 Å². The molecule has 2 heterocycles. The summed E-state index contributed by atoms with van der Waals surface area (Å²) in [6.45, 7) is 3.07. The van der Waals surface area contributed by atoms with Crippen LogP contribution in [0.25, 0.3) is 5.69 Å². The van der Waals surface area contributed by atoms with Gasteiger partial charge in [0.05, 0.1) is 23.1 Å². The maximum Gasteiger partial charge on any atom is 0.257 e. The van der Waals surface area contributed by atoms with Crippen LogP contribution in [-0.2, 0) is 6.42 Å². The second kappa shape index (κ2) is 8.86. The van der Waals surface area contributed by atoms with Gasteiger partial charge in [-0.3, -0.25) is 9.59 Å². The first-order valence-corrected chi connectivity index (χ1v) is 10.3. The zero-order valence-electron chi connectivity index (χ0n) is 17.4. The quantitative estimate of drug-likeness (QED) is 0.622. The monoisotopic (exact) mass is 442 g/mol. The molecule has 1 saturated heterocycles. The third-order valence-corrected chi connectivity index (χ3v) is 5.53. The van der Waals surface area contributed by atoms with E-state index in [4.69, 9.17) is 0 Å². The molecule has 1 aliphatic heterocycles. The Balaban J connectivity index is 1.46. The fourth-order valence-electron chi connectivity index (χ4n) is 3.79. The molecule has 0 atom stereocenters. The van der Waals surface area contributed by atoms with Crippen LogP contribution in [0, 0.1) is 17.5 Å². The van der Waals surface area contributed by atoms with Gasteiger partial charge in [0, 0.05) is 31.7 Å². The summed E-state index contributed by atoms with van der Waals surface area (Å²) in [5.74, 6) is -3.05. The van der Waals surface area contributed by atoms with Gasteiger partial charge in [-0.15, -0.1) is 0 Å². The summed E-state index contributed by atoms with van der Waals surface area (Å²) in [6.07, 6.45) is 2.05. The molecule has 166 valence electrons. The summed E-state index contributed by atoms with van der Waals surface area (Å²) < 4.78 is 41.4. The Morgan fingerprint density at radius 2 is 1.50 bits per heavy atom. The lowest BCUT2D eigenvalue weighted by Crippen LogP contribution is -2.50. The van der Waals surface area contributed by atoms with E-state index in [-0.39, 0.29) is 30.4 Å². The largest absolute Gasteiger partial charge is 0.335 e. The number of halogens is 3. The van der Waals surface area contributed by atoms with E-state index < -0.39 is 17.5 Å². The van der Waals surface area contributed by atoms with Gasteiger partial charge in [0.15, 0.2) is 11.6 Å². The number of carbonyl (C=O) groups excluding carboxylic acids is 2. The van der Waals surface area contributed by atoms with Crippen molar-refractivity contribution >= 4 is 11.8 Å². The van der Waals surface area contributed by atoms with Crippen molar-refractivity contribution < 1.29 is 22.8 Å². The summed E-state index contributed by atoms with van der Waals surface area (Å²) in [7, 11) is 0. The normalized spacial score (nSPS) is 14.0. The minimum atomic E-state index is -1.07. The van der Waals surface area contributed by atoms with Crippen LogP contribution in [0.4, 0.5) is 13.2 Å². The van der Waals surface area contributed by atoms with Crippen LogP contribution in [0.15, 0.2) is 48.7 Å². The molecule has 0 spiro atoms. The molecule has 0 saturated carbocycles. The van der Waals surface area contributed by atoms with Crippen molar-refractivity contribution in [1.82, 2.24) is 19.6 Å². The van der Waals surface area contributed by atoms with Gasteiger partial charge in [-0.25, -0.2) is 17.9 Å². The summed E-state index contributed by atoms with van der Waals surface area (Å²) in [4.78, 5) is 28.9. The van der Waals surface area contributed by atoms with Crippen LogP contribution in [0.2, 0.25) is 0 Å². The Kier molecular flexibility index (Phi) is 5.98. The first kappa shape index (κ1) is 21.6. The molecule has 0 aliphatic carbocycles. The van der Waals surface area contributed by atoms with Gasteiger partial charge >= 0.3 is 0 Å². The van der Waals surface area contributed by atoms with Crippen molar-refractivity contribution in [3.05, 3.63) is 82.9 Å². The van der Waals surface area contributed by atoms with Crippen LogP contribution in [0.5, 0.6) is 0 Å². The van der Waals surface area contributed by atoms with Crippen molar-refractivity contribution in [3.8, 4) is 5.69 Å². The highest BCUT2D eigenvalue weighted by molar-refractivity contribution is 5.96. The van der Waals surface area contributed by atoms with Gasteiger partial charge in [-0.05, 0) is 48.9 Å². The molecule has 0 unspecified atom stereocenters. The van der Waals surface area contributed by atoms with Crippen molar-refractivity contribution in [2.75, 3.05) is 26.2 Å². The lowest BCUT2D eigenvalue weighted by molar-refractivity contribution is 0.0534. The molecule has 4 rings (SSSR count). The van der Waals surface area contributed by atoms with Gasteiger partial charge < -0.3 is 9.80 Å². The van der Waals surface area contributed by atoms with E-state index in [2.05, 4.69) is 5.10 Å². The van der Waals surface area contributed by atoms with E-state index >= 15 is 0 Å². The smallest absolute Gasteiger partial charge is 0.257 e. The van der Waals surface area contributed by atoms with Crippen molar-refractivity contribution in [3.63, 3.8) is 0 Å². The second-order valence-corrected chi connectivity index (χ2v) is 7.46. The number of piperazine rings is 1. The molecule has 32 heavy (non-hydrogen) atoms. The van der Waals surface area contributed by atoms with E-state index in [1.165, 1.54) is 29.3 Å². The first-order valence-electron chi connectivity index (χ1n) is 10.3. The Hall–Kier alpha value is -3.62. The average Bonchev–Trinajstić information content (AvgIpc) is 3.24. The number of aromatic nitrogens is 2. The zero-order chi connectivity index (χ0) is 22.8. The Morgan fingerprint density at radius 1 is 0.875 bits per heavy atom. The average molecular weight is 442 g/mol. The van der Waals surface area contributed by atoms with E-state index in [0.29, 0.717) is 36.5 Å². The van der Waals surface area contributed by atoms with E-state index in [1.54, 1.807) is 21.7 Å². The summed E-state index contributed by atoms with van der Waals surface area (Å²) in [5.41, 5.74) is 1.89. The standard InChI is InChI=1S/C23H21F3N4O2/c1-2-21-18(14-27-30(21)17-6-4-16(24)5-7-17)23(32)29-11-9-28(10-12-29)22(31)15-3-8-19(25)20(26)13-15/h3-8,13-14H,2,9-12H2,1H3. The van der Waals surface area contributed by atoms with Gasteiger partial charge in [-0.2, -0.15) is 5.10 Å². The predicted molar refractivity (Wildman–Crippen MR) is 111 cm³/mol. The SMILES string of the molecule is CCc1c(C(=O)N2CCN(C(=O)c3ccc(F)c(F)c3)CC2)cnn1-c1ccc(F)cc1. The van der Waals surface area contributed by atoms with Crippen LogP contribution in [0.1, 0.15) is 33.3 Å². The zero-order valence-corrected chi connectivity index (χ0v) is 17.4. The number of hydrogen-bond donors (Lipinski definition) is 0. The molecule has 1 aliphatic rings. The summed E-state index contributed by atoms with van der Waals surface area (Å²) in [5, 5.41) is 4.32. The molecule has 1 fully saturated rings. The van der Waals surface area contributed by atoms with Crippen LogP contribution in [0.3, 0.4) is 0 Å². The Morgan fingerprint density at radius 3 is 2.09 bits per heavy atom. The third kappa shape index (κ3) is 4.10. The fourth-order valence-corrected chi connectivity index (χ4v) is 3.79. The maximum atomic E-state index is 13.5. The van der Waals surface area contributed by atoms with Crippen molar-refractivity contribution in [1.29, 1.82) is 0 Å². The second-order valence-electron chi connectivity index (χ2n) is 7.46.